The van der Waals surface area contributed by atoms with E-state index in [1.54, 1.807) is 11.3 Å². The summed E-state index contributed by atoms with van der Waals surface area (Å²) in [7, 11) is 1.49. The van der Waals surface area contributed by atoms with Crippen LogP contribution in [0.2, 0.25) is 0 Å². The normalized spacial score (nSPS) is 10.2. The van der Waals surface area contributed by atoms with E-state index in [0.29, 0.717) is 5.75 Å². The van der Waals surface area contributed by atoms with Gasteiger partial charge in [-0.2, -0.15) is 0 Å². The average molecular weight is 274 g/mol. The molecule has 0 aliphatic heterocycles. The van der Waals surface area contributed by atoms with E-state index in [-0.39, 0.29) is 18.2 Å². The monoisotopic (exact) mass is 274 g/mol. The van der Waals surface area contributed by atoms with Gasteiger partial charge in [0.05, 0.1) is 16.5 Å². The van der Waals surface area contributed by atoms with Crippen molar-refractivity contribution in [3.05, 3.63) is 16.1 Å². The van der Waals surface area contributed by atoms with Gasteiger partial charge in [0.1, 0.15) is 6.54 Å². The molecule has 0 saturated heterocycles. The maximum atomic E-state index is 11.5. The van der Waals surface area contributed by atoms with Gasteiger partial charge in [0, 0.05) is 18.2 Å². The molecule has 7 heteroatoms. The zero-order valence-electron chi connectivity index (χ0n) is 9.67. The van der Waals surface area contributed by atoms with E-state index >= 15 is 0 Å². The number of nitrogens with zero attached hydrogens (tertiary/aromatic N) is 2. The van der Waals surface area contributed by atoms with E-state index in [2.05, 4.69) is 4.98 Å². The predicted octanol–water partition coefficient (Wildman–Crippen LogP) is 1.23. The third-order valence-corrected chi connectivity index (χ3v) is 3.71. The van der Waals surface area contributed by atoms with Crippen LogP contribution >= 0.6 is 23.1 Å². The number of amides is 1. The summed E-state index contributed by atoms with van der Waals surface area (Å²) in [6, 6.07) is 0. The van der Waals surface area contributed by atoms with Crippen LogP contribution in [-0.2, 0) is 15.3 Å². The second-order valence-electron chi connectivity index (χ2n) is 3.49. The fourth-order valence-electron chi connectivity index (χ4n) is 1.12. The number of carboxylic acids is 1. The molecule has 0 spiro atoms. The maximum Gasteiger partial charge on any atom is 0.323 e. The van der Waals surface area contributed by atoms with Crippen LogP contribution in [0.15, 0.2) is 5.38 Å². The lowest BCUT2D eigenvalue weighted by molar-refractivity contribution is -0.142. The summed E-state index contributed by atoms with van der Waals surface area (Å²) in [6.45, 7) is 1.68. The van der Waals surface area contributed by atoms with E-state index in [9.17, 15) is 9.59 Å². The van der Waals surface area contributed by atoms with Crippen molar-refractivity contribution in [2.45, 2.75) is 12.7 Å². The molecule has 0 saturated carbocycles. The highest BCUT2D eigenvalue weighted by atomic mass is 32.2. The minimum Gasteiger partial charge on any atom is -0.480 e. The van der Waals surface area contributed by atoms with Gasteiger partial charge in [0.15, 0.2) is 0 Å². The highest BCUT2D eigenvalue weighted by Gasteiger charge is 2.12. The Hall–Kier alpha value is -1.08. The largest absolute Gasteiger partial charge is 0.480 e. The molecule has 0 radical (unpaired) electrons. The van der Waals surface area contributed by atoms with Crippen molar-refractivity contribution in [3.8, 4) is 0 Å². The molecule has 0 bridgehead atoms. The number of hydrogen-bond acceptors (Lipinski definition) is 5. The Balaban J connectivity index is 2.26. The van der Waals surface area contributed by atoms with Gasteiger partial charge in [0.2, 0.25) is 5.91 Å². The molecule has 0 aliphatic carbocycles. The smallest absolute Gasteiger partial charge is 0.323 e. The predicted molar refractivity (Wildman–Crippen MR) is 68.3 cm³/mol. The van der Waals surface area contributed by atoms with Crippen molar-refractivity contribution < 1.29 is 14.7 Å². The van der Waals surface area contributed by atoms with E-state index in [0.717, 1.165) is 10.7 Å². The number of hydrogen-bond donors (Lipinski definition) is 1. The Labute approximate surface area is 108 Å². The van der Waals surface area contributed by atoms with Crippen LogP contribution in [0.25, 0.3) is 0 Å². The lowest BCUT2D eigenvalue weighted by Gasteiger charge is -2.13. The molecule has 1 N–H and O–H groups in total. The average Bonchev–Trinajstić information content (AvgIpc) is 2.63. The van der Waals surface area contributed by atoms with Gasteiger partial charge in [-0.15, -0.1) is 23.1 Å². The fraction of sp³-hybridized carbons (Fsp3) is 0.500. The molecular weight excluding hydrogens is 260 g/mol. The summed E-state index contributed by atoms with van der Waals surface area (Å²) in [4.78, 5) is 27.4. The van der Waals surface area contributed by atoms with Crippen molar-refractivity contribution in [2.75, 3.05) is 19.3 Å². The quantitative estimate of drug-likeness (QED) is 0.845. The molecular formula is C10H14N2O3S2. The molecule has 0 aromatic carbocycles. The summed E-state index contributed by atoms with van der Waals surface area (Å²) < 4.78 is 0. The summed E-state index contributed by atoms with van der Waals surface area (Å²) in [5, 5.41) is 11.5. The first kappa shape index (κ1) is 14.0. The summed E-state index contributed by atoms with van der Waals surface area (Å²) in [6.07, 6.45) is 0. The Kier molecular flexibility index (Phi) is 5.43. The van der Waals surface area contributed by atoms with Crippen molar-refractivity contribution in [1.29, 1.82) is 0 Å². The Morgan fingerprint density at radius 3 is 2.82 bits per heavy atom. The molecule has 5 nitrogen and oxygen atoms in total. The van der Waals surface area contributed by atoms with Crippen LogP contribution in [0.3, 0.4) is 0 Å². The van der Waals surface area contributed by atoms with Crippen molar-refractivity contribution in [3.63, 3.8) is 0 Å². The van der Waals surface area contributed by atoms with Gasteiger partial charge >= 0.3 is 5.97 Å². The molecule has 1 aromatic heterocycles. The zero-order chi connectivity index (χ0) is 12.8. The number of likely N-dealkylation sites (N-methyl/N-ethyl adjacent to an activating group) is 1. The van der Waals surface area contributed by atoms with Gasteiger partial charge < -0.3 is 10.0 Å². The topological polar surface area (TPSA) is 70.5 Å². The minimum absolute atomic E-state index is 0.177. The number of aliphatic carboxylic acids is 1. The first-order chi connectivity index (χ1) is 7.99. The third-order valence-electron chi connectivity index (χ3n) is 1.94. The molecule has 1 rings (SSSR count). The number of carbonyl (C=O) groups excluding carboxylic acids is 1. The molecule has 0 unspecified atom stereocenters. The number of carboxylic acid groups (broad SMARTS) is 1. The van der Waals surface area contributed by atoms with Crippen LogP contribution in [-0.4, -0.2) is 46.2 Å². The molecule has 1 amide bonds. The Bertz CT molecular complexity index is 406. The Morgan fingerprint density at radius 1 is 1.59 bits per heavy atom. The Morgan fingerprint density at radius 2 is 2.29 bits per heavy atom. The second-order valence-corrected chi connectivity index (χ2v) is 5.54. The van der Waals surface area contributed by atoms with Crippen LogP contribution in [0.4, 0.5) is 0 Å². The van der Waals surface area contributed by atoms with Gasteiger partial charge in [-0.3, -0.25) is 9.59 Å². The molecule has 1 heterocycles. The van der Waals surface area contributed by atoms with E-state index in [1.807, 2.05) is 12.3 Å². The first-order valence-electron chi connectivity index (χ1n) is 4.93. The van der Waals surface area contributed by atoms with Crippen LogP contribution in [0, 0.1) is 6.92 Å². The van der Waals surface area contributed by atoms with Crippen LogP contribution in [0.5, 0.6) is 0 Å². The van der Waals surface area contributed by atoms with Crippen LogP contribution in [0.1, 0.15) is 10.7 Å². The minimum atomic E-state index is -0.999. The van der Waals surface area contributed by atoms with Crippen molar-refractivity contribution >= 4 is 35.0 Å². The summed E-state index contributed by atoms with van der Waals surface area (Å²) in [5.41, 5.74) is 0.964. The van der Waals surface area contributed by atoms with Gasteiger partial charge in [-0.1, -0.05) is 0 Å². The van der Waals surface area contributed by atoms with Gasteiger partial charge in [0.25, 0.3) is 0 Å². The molecule has 0 fully saturated rings. The first-order valence-corrected chi connectivity index (χ1v) is 6.97. The van der Waals surface area contributed by atoms with Gasteiger partial charge in [-0.25, -0.2) is 4.98 Å². The summed E-state index contributed by atoms with van der Waals surface area (Å²) >= 11 is 3.02. The summed E-state index contributed by atoms with van der Waals surface area (Å²) in [5.74, 6) is -0.220. The highest BCUT2D eigenvalue weighted by molar-refractivity contribution is 7.99. The maximum absolute atomic E-state index is 11.5. The van der Waals surface area contributed by atoms with E-state index in [4.69, 9.17) is 5.11 Å². The number of thioether (sulfide) groups is 1. The number of aryl methyl sites for hydroxylation is 1. The molecule has 0 aliphatic rings. The SMILES string of the molecule is Cc1nc(CSCC(=O)N(C)CC(=O)O)cs1. The van der Waals surface area contributed by atoms with E-state index in [1.165, 1.54) is 23.7 Å². The number of rotatable bonds is 6. The zero-order valence-corrected chi connectivity index (χ0v) is 11.3. The lowest BCUT2D eigenvalue weighted by Crippen LogP contribution is -2.33. The molecule has 17 heavy (non-hydrogen) atoms. The van der Waals surface area contributed by atoms with Gasteiger partial charge in [-0.05, 0) is 6.92 Å². The van der Waals surface area contributed by atoms with E-state index < -0.39 is 5.97 Å². The highest BCUT2D eigenvalue weighted by Crippen LogP contribution is 2.15. The number of carbonyl (C=O) groups is 2. The fourth-order valence-corrected chi connectivity index (χ4v) is 2.69. The second kappa shape index (κ2) is 6.61. The molecule has 0 atom stereocenters. The van der Waals surface area contributed by atoms with Crippen molar-refractivity contribution in [2.24, 2.45) is 0 Å². The number of aromatic nitrogens is 1. The van der Waals surface area contributed by atoms with Crippen molar-refractivity contribution in [1.82, 2.24) is 9.88 Å². The standard InChI is InChI=1S/C10H14N2O3S2/c1-7-11-8(5-17-7)4-16-6-9(13)12(2)3-10(14)15/h5H,3-4,6H2,1-2H3,(H,14,15). The molecule has 94 valence electrons. The van der Waals surface area contributed by atoms with Crippen LogP contribution < -0.4 is 0 Å². The third kappa shape index (κ3) is 5.18. The molecule has 1 aromatic rings. The lowest BCUT2D eigenvalue weighted by atomic mass is 10.5. The number of thiazole rings is 1.